The molecule has 0 amide bonds. The fourth-order valence-corrected chi connectivity index (χ4v) is 8.42. The molecule has 0 bridgehead atoms. The number of phenols is 1. The molecule has 13 nitrogen and oxygen atoms in total. The number of ether oxygens (including phenoxy) is 2. The zero-order valence-electron chi connectivity index (χ0n) is 26.7. The Balaban J connectivity index is 1.60. The number of aryl methyl sites for hydroxylation is 1. The van der Waals surface area contributed by atoms with Gasteiger partial charge in [0.05, 0.1) is 33.3 Å². The second-order valence-corrected chi connectivity index (χ2v) is 13.3. The van der Waals surface area contributed by atoms with Crippen molar-refractivity contribution in [3.63, 3.8) is 0 Å². The van der Waals surface area contributed by atoms with Crippen molar-refractivity contribution in [2.75, 3.05) is 0 Å². The van der Waals surface area contributed by atoms with Gasteiger partial charge in [-0.15, -0.1) is 0 Å². The first-order chi connectivity index (χ1) is 22.8. The van der Waals surface area contributed by atoms with E-state index in [1.807, 2.05) is 0 Å². The number of esters is 1. The number of rotatable bonds is 2. The normalized spacial score (nSPS) is 27.7. The van der Waals surface area contributed by atoms with Crippen LogP contribution in [0.1, 0.15) is 50.0 Å². The molecule has 4 N–H and O–H groups in total. The number of phenolic OH excluding ortho intramolecular Hbond substituents is 1. The largest absolute Gasteiger partial charge is 0.512 e. The van der Waals surface area contributed by atoms with E-state index in [-0.39, 0.29) is 42.6 Å². The summed E-state index contributed by atoms with van der Waals surface area (Å²) in [7, 11) is 0. The number of aromatic hydroxyl groups is 1. The zero-order valence-corrected chi connectivity index (χ0v) is 26.7. The molecule has 13 heteroatoms. The molecule has 0 unspecified atom stereocenters. The van der Waals surface area contributed by atoms with E-state index in [9.17, 15) is 54.0 Å². The van der Waals surface area contributed by atoms with Crippen molar-refractivity contribution in [2.45, 2.75) is 63.9 Å². The van der Waals surface area contributed by atoms with Gasteiger partial charge in [0.2, 0.25) is 16.8 Å². The molecule has 1 aliphatic heterocycles. The number of aliphatic hydroxyl groups excluding tert-OH is 2. The van der Waals surface area contributed by atoms with E-state index in [0.717, 1.165) is 25.1 Å². The molecule has 250 valence electrons. The van der Waals surface area contributed by atoms with E-state index in [1.165, 1.54) is 39.8 Å². The fraction of sp³-hybridized carbons (Fsp3) is 0.306. The van der Waals surface area contributed by atoms with E-state index in [1.54, 1.807) is 0 Å². The molecule has 0 aromatic heterocycles. The highest BCUT2D eigenvalue weighted by Gasteiger charge is 2.89. The van der Waals surface area contributed by atoms with Crippen molar-refractivity contribution in [3.05, 3.63) is 124 Å². The number of benzene rings is 1. The molecule has 7 rings (SSSR count). The van der Waals surface area contributed by atoms with E-state index >= 15 is 0 Å². The van der Waals surface area contributed by atoms with Crippen molar-refractivity contribution < 1.29 is 44.3 Å². The summed E-state index contributed by atoms with van der Waals surface area (Å²) in [6.45, 7) is 6.62. The third-order valence-electron chi connectivity index (χ3n) is 10.2. The van der Waals surface area contributed by atoms with Gasteiger partial charge in [0, 0.05) is 44.7 Å². The third-order valence-corrected chi connectivity index (χ3v) is 10.2. The smallest absolute Gasteiger partial charge is 0.302 e. The molecule has 1 aromatic carbocycles. The number of hydrogen-bond acceptors (Lipinski definition) is 13. The Morgan fingerprint density at radius 1 is 0.898 bits per heavy atom. The van der Waals surface area contributed by atoms with E-state index < -0.39 is 102 Å². The van der Waals surface area contributed by atoms with Crippen molar-refractivity contribution in [2.24, 2.45) is 5.92 Å². The number of Topliss-reactive ketones (excluding diaryl/α,β-unsaturated/α-hetero) is 2. The first-order valence-corrected chi connectivity index (χ1v) is 15.3. The van der Waals surface area contributed by atoms with Crippen molar-refractivity contribution in [1.29, 1.82) is 0 Å². The Morgan fingerprint density at radius 3 is 2.12 bits per heavy atom. The van der Waals surface area contributed by atoms with Gasteiger partial charge in [0.15, 0.2) is 27.7 Å². The van der Waals surface area contributed by atoms with Crippen molar-refractivity contribution in [1.82, 2.24) is 0 Å². The number of carbonyl (C=O) groups is 3. The van der Waals surface area contributed by atoms with Crippen LogP contribution in [0.4, 0.5) is 0 Å². The van der Waals surface area contributed by atoms with Gasteiger partial charge < -0.3 is 29.9 Å². The number of ketones is 2. The average Bonchev–Trinajstić information content (AvgIpc) is 3.70. The minimum absolute atomic E-state index is 0.00182. The van der Waals surface area contributed by atoms with E-state index in [0.29, 0.717) is 0 Å². The highest BCUT2D eigenvalue weighted by Crippen LogP contribution is 2.67. The van der Waals surface area contributed by atoms with Crippen molar-refractivity contribution >= 4 is 29.1 Å². The maximum Gasteiger partial charge on any atom is 0.302 e. The van der Waals surface area contributed by atoms with Gasteiger partial charge in [-0.3, -0.25) is 33.6 Å². The van der Waals surface area contributed by atoms with Crippen LogP contribution in [-0.4, -0.2) is 60.9 Å². The summed E-state index contributed by atoms with van der Waals surface area (Å²) in [5, 5.41) is 42.0. The molecule has 5 aliphatic carbocycles. The maximum absolute atomic E-state index is 14.2. The van der Waals surface area contributed by atoms with Gasteiger partial charge in [0.1, 0.15) is 17.6 Å². The van der Waals surface area contributed by atoms with Crippen LogP contribution in [0.3, 0.4) is 0 Å². The minimum Gasteiger partial charge on any atom is -0.512 e. The van der Waals surface area contributed by atoms with Crippen LogP contribution in [0, 0.1) is 44.2 Å². The molecule has 49 heavy (non-hydrogen) atoms. The van der Waals surface area contributed by atoms with Gasteiger partial charge in [-0.1, -0.05) is 0 Å². The summed E-state index contributed by atoms with van der Waals surface area (Å²) in [6, 6.07) is 5.74. The lowest BCUT2D eigenvalue weighted by Crippen LogP contribution is -2.64. The maximum atomic E-state index is 14.2. The monoisotopic (exact) mass is 668 g/mol. The standard InChI is InChI=1S/C36H28O13/c1-12-10-20(39)25-26(22(12)13(2)37)29(43)18-8-6-16(27(41)23(18)30(25)44)17-7-9-19-24(28(17)42)33(46)35-21(40)11-34(5,47)31(14(3)48-15(4)38)36(35,49-35)32(19)45/h6-10,14,31,37,42,45,47H,11H2,1-5H3/t14-,31+,34+,35-,36+/m1/s1. The summed E-state index contributed by atoms with van der Waals surface area (Å²) in [5.74, 6) is -5.83. The third kappa shape index (κ3) is 3.73. The fourth-order valence-electron chi connectivity index (χ4n) is 8.42. The average molecular weight is 669 g/mol. The Labute approximate surface area is 272 Å². The van der Waals surface area contributed by atoms with Crippen LogP contribution in [0.25, 0.3) is 11.5 Å². The molecule has 0 radical (unpaired) electrons. The highest BCUT2D eigenvalue weighted by molar-refractivity contribution is 6.26. The number of hydrogen-bond donors (Lipinski definition) is 4. The Morgan fingerprint density at radius 2 is 1.49 bits per heavy atom. The minimum atomic E-state index is -2.38. The molecular weight excluding hydrogens is 640 g/mol. The molecule has 1 saturated heterocycles. The first kappa shape index (κ1) is 32.0. The molecule has 5 atom stereocenters. The van der Waals surface area contributed by atoms with Crippen LogP contribution in [0.5, 0.6) is 5.75 Å². The number of epoxide rings is 1. The summed E-state index contributed by atoms with van der Waals surface area (Å²) >= 11 is 0. The lowest BCUT2D eigenvalue weighted by molar-refractivity contribution is -0.160. The van der Waals surface area contributed by atoms with Crippen LogP contribution >= 0.6 is 0 Å². The quantitative estimate of drug-likeness (QED) is 0.116. The molecule has 2 fully saturated rings. The van der Waals surface area contributed by atoms with E-state index in [2.05, 4.69) is 0 Å². The van der Waals surface area contributed by atoms with Crippen LogP contribution in [-0.2, 0) is 19.1 Å². The Hall–Kier alpha value is -5.53. The number of aliphatic hydroxyl groups is 3. The van der Waals surface area contributed by atoms with Gasteiger partial charge in [0.25, 0.3) is 0 Å². The van der Waals surface area contributed by atoms with Crippen LogP contribution in [0.2, 0.25) is 0 Å². The molecular formula is C36H28O13. The van der Waals surface area contributed by atoms with Crippen molar-refractivity contribution in [3.8, 4) is 5.75 Å². The summed E-state index contributed by atoms with van der Waals surface area (Å²) in [4.78, 5) is 93.8. The topological polar surface area (TPSA) is 222 Å². The zero-order chi connectivity index (χ0) is 35.9. The van der Waals surface area contributed by atoms with E-state index in [4.69, 9.17) is 9.47 Å². The SMILES string of the molecule is CC(=O)O[C@H](C)[C@H]1[C@@](C)(O)CC(=O)[C@]23O[C@]12C(O)=c1ccc(=c2ccc4c(=O)c5c(=C(C)O)c(C)cc(=O)c=5c(=O)c=4c2=O)c(O)c1C3=O. The summed E-state index contributed by atoms with van der Waals surface area (Å²) in [5.41, 5.74) is -10.5. The molecule has 1 aromatic rings. The molecule has 0 spiro atoms. The predicted octanol–water partition coefficient (Wildman–Crippen LogP) is -0.898. The summed E-state index contributed by atoms with van der Waals surface area (Å²) < 4.78 is 11.2. The second-order valence-electron chi connectivity index (χ2n) is 13.3. The van der Waals surface area contributed by atoms with Gasteiger partial charge in [-0.25, -0.2) is 0 Å². The Kier molecular flexibility index (Phi) is 6.39. The van der Waals surface area contributed by atoms with Crippen LogP contribution < -0.4 is 32.2 Å². The molecule has 1 saturated carbocycles. The highest BCUT2D eigenvalue weighted by atomic mass is 16.7. The molecule has 1 heterocycles. The van der Waals surface area contributed by atoms with Gasteiger partial charge in [-0.05, 0) is 63.6 Å². The second kappa shape index (κ2) is 9.77. The summed E-state index contributed by atoms with van der Waals surface area (Å²) in [6.07, 6.45) is -1.77. The van der Waals surface area contributed by atoms with Crippen LogP contribution in [0.15, 0.2) is 49.5 Å². The van der Waals surface area contributed by atoms with Gasteiger partial charge in [-0.2, -0.15) is 0 Å². The number of carbonyl (C=O) groups excluding carboxylic acids is 3. The first-order valence-electron chi connectivity index (χ1n) is 15.3. The lowest BCUT2D eigenvalue weighted by Gasteiger charge is -2.44. The van der Waals surface area contributed by atoms with Gasteiger partial charge >= 0.3 is 5.97 Å². The number of fused-ring (bicyclic) bond motifs is 1. The Bertz CT molecular complexity index is 2860. The lowest BCUT2D eigenvalue weighted by atomic mass is 9.58. The molecule has 6 aliphatic rings. The predicted molar refractivity (Wildman–Crippen MR) is 168 cm³/mol.